The van der Waals surface area contributed by atoms with Crippen molar-refractivity contribution in [3.63, 3.8) is 0 Å². The Bertz CT molecular complexity index is 261. The van der Waals surface area contributed by atoms with E-state index in [4.69, 9.17) is 10.5 Å². The molecule has 0 aliphatic rings. The fourth-order valence-corrected chi connectivity index (χ4v) is 1.13. The number of nitrogens with one attached hydrogen (secondary N) is 1. The number of nitrogens with two attached hydrogens (primary N) is 1. The summed E-state index contributed by atoms with van der Waals surface area (Å²) in [4.78, 5) is 23.8. The van der Waals surface area contributed by atoms with Crippen LogP contribution in [0, 0.1) is 0 Å². The molecule has 6 heteroatoms. The molecule has 0 aromatic heterocycles. The van der Waals surface area contributed by atoms with E-state index in [1.165, 1.54) is 0 Å². The van der Waals surface area contributed by atoms with Crippen molar-refractivity contribution in [2.45, 2.75) is 33.3 Å². The van der Waals surface area contributed by atoms with Gasteiger partial charge in [0.05, 0.1) is 6.54 Å². The van der Waals surface area contributed by atoms with Crippen LogP contribution < -0.4 is 11.1 Å². The third-order valence-electron chi connectivity index (χ3n) is 1.89. The lowest BCUT2D eigenvalue weighted by molar-refractivity contribution is -0.117. The highest BCUT2D eigenvalue weighted by Crippen LogP contribution is 2.09. The number of rotatable bonds is 6. The summed E-state index contributed by atoms with van der Waals surface area (Å²) in [5, 5.41) is 2.84. The molecule has 6 nitrogen and oxygen atoms in total. The molecule has 17 heavy (non-hydrogen) atoms. The Morgan fingerprint density at radius 3 is 2.35 bits per heavy atom. The number of hydrogen-bond acceptors (Lipinski definition) is 4. The van der Waals surface area contributed by atoms with Gasteiger partial charge in [-0.25, -0.2) is 4.79 Å². The molecule has 0 unspecified atom stereocenters. The minimum absolute atomic E-state index is 0.117. The third-order valence-corrected chi connectivity index (χ3v) is 1.89. The van der Waals surface area contributed by atoms with Crippen LogP contribution in [-0.2, 0) is 9.53 Å². The predicted molar refractivity (Wildman–Crippen MR) is 65.5 cm³/mol. The van der Waals surface area contributed by atoms with Gasteiger partial charge in [-0.1, -0.05) is 0 Å². The Morgan fingerprint density at radius 1 is 1.35 bits per heavy atom. The Balaban J connectivity index is 3.98. The fourth-order valence-electron chi connectivity index (χ4n) is 1.13. The van der Waals surface area contributed by atoms with Gasteiger partial charge < -0.3 is 20.7 Å². The van der Waals surface area contributed by atoms with Gasteiger partial charge in [-0.15, -0.1) is 0 Å². The van der Waals surface area contributed by atoms with Gasteiger partial charge in [0.2, 0.25) is 5.91 Å². The Hall–Kier alpha value is -1.30. The van der Waals surface area contributed by atoms with Crippen molar-refractivity contribution in [3.05, 3.63) is 0 Å². The van der Waals surface area contributed by atoms with Gasteiger partial charge in [0.1, 0.15) is 5.60 Å². The van der Waals surface area contributed by atoms with E-state index in [0.717, 1.165) is 0 Å². The van der Waals surface area contributed by atoms with E-state index in [-0.39, 0.29) is 12.6 Å². The minimum atomic E-state index is -0.495. The van der Waals surface area contributed by atoms with Crippen molar-refractivity contribution >= 4 is 12.0 Å². The number of primary amides is 1. The standard InChI is InChI=1S/C11H23N3O3/c1-5-14(7-6-13-8-9(12)15)10(16)17-11(2,3)4/h13H,5-8H2,1-4H3,(H2,12,15). The molecular formula is C11H23N3O3. The van der Waals surface area contributed by atoms with Crippen molar-refractivity contribution in [2.24, 2.45) is 5.73 Å². The molecule has 0 aliphatic heterocycles. The summed E-state index contributed by atoms with van der Waals surface area (Å²) in [6, 6.07) is 0. The maximum absolute atomic E-state index is 11.7. The first kappa shape index (κ1) is 15.7. The lowest BCUT2D eigenvalue weighted by Crippen LogP contribution is -2.41. The molecule has 0 aromatic rings. The number of ether oxygens (including phenoxy) is 1. The molecule has 0 rings (SSSR count). The first-order valence-corrected chi connectivity index (χ1v) is 5.73. The molecule has 0 atom stereocenters. The molecule has 0 radical (unpaired) electrons. The van der Waals surface area contributed by atoms with Crippen molar-refractivity contribution in [3.8, 4) is 0 Å². The van der Waals surface area contributed by atoms with Gasteiger partial charge in [0.15, 0.2) is 0 Å². The van der Waals surface area contributed by atoms with Crippen LogP contribution in [0.15, 0.2) is 0 Å². The number of amides is 2. The fraction of sp³-hybridized carbons (Fsp3) is 0.818. The van der Waals surface area contributed by atoms with E-state index in [1.54, 1.807) is 4.90 Å². The van der Waals surface area contributed by atoms with Crippen LogP contribution in [0.5, 0.6) is 0 Å². The molecule has 0 aromatic carbocycles. The second kappa shape index (κ2) is 7.11. The molecule has 0 saturated heterocycles. The maximum Gasteiger partial charge on any atom is 0.410 e. The predicted octanol–water partition coefficient (Wildman–Crippen LogP) is 0.318. The largest absolute Gasteiger partial charge is 0.444 e. The van der Waals surface area contributed by atoms with E-state index in [9.17, 15) is 9.59 Å². The normalized spacial score (nSPS) is 11.1. The minimum Gasteiger partial charge on any atom is -0.444 e. The van der Waals surface area contributed by atoms with Gasteiger partial charge in [-0.3, -0.25) is 4.79 Å². The van der Waals surface area contributed by atoms with Crippen molar-refractivity contribution in [2.75, 3.05) is 26.2 Å². The van der Waals surface area contributed by atoms with Gasteiger partial charge in [0.25, 0.3) is 0 Å². The SMILES string of the molecule is CCN(CCNCC(N)=O)C(=O)OC(C)(C)C. The zero-order valence-electron chi connectivity index (χ0n) is 11.1. The van der Waals surface area contributed by atoms with Crippen molar-refractivity contribution < 1.29 is 14.3 Å². The average molecular weight is 245 g/mol. The number of likely N-dealkylation sites (N-methyl/N-ethyl adjacent to an activating group) is 1. The topological polar surface area (TPSA) is 84.7 Å². The van der Waals surface area contributed by atoms with Gasteiger partial charge >= 0.3 is 6.09 Å². The molecule has 0 bridgehead atoms. The lowest BCUT2D eigenvalue weighted by atomic mass is 10.2. The quantitative estimate of drug-likeness (QED) is 0.660. The van der Waals surface area contributed by atoms with E-state index in [2.05, 4.69) is 5.32 Å². The summed E-state index contributed by atoms with van der Waals surface area (Å²) >= 11 is 0. The highest BCUT2D eigenvalue weighted by atomic mass is 16.6. The molecule has 0 spiro atoms. The third kappa shape index (κ3) is 8.50. The molecule has 0 heterocycles. The number of nitrogens with zero attached hydrogens (tertiary/aromatic N) is 1. The monoisotopic (exact) mass is 245 g/mol. The summed E-state index contributed by atoms with van der Waals surface area (Å²) in [6.07, 6.45) is -0.346. The van der Waals surface area contributed by atoms with Gasteiger partial charge in [0, 0.05) is 19.6 Å². The van der Waals surface area contributed by atoms with Crippen molar-refractivity contribution in [1.82, 2.24) is 10.2 Å². The first-order chi connectivity index (χ1) is 7.76. The smallest absolute Gasteiger partial charge is 0.410 e. The molecule has 0 saturated carbocycles. The Labute approximate surface area is 102 Å². The molecule has 0 fully saturated rings. The molecule has 2 amide bonds. The van der Waals surface area contributed by atoms with Crippen LogP contribution in [0.1, 0.15) is 27.7 Å². The molecule has 3 N–H and O–H groups in total. The number of hydrogen-bond donors (Lipinski definition) is 2. The second-order valence-corrected chi connectivity index (χ2v) is 4.70. The van der Waals surface area contributed by atoms with E-state index < -0.39 is 11.5 Å². The van der Waals surface area contributed by atoms with E-state index in [0.29, 0.717) is 19.6 Å². The summed E-state index contributed by atoms with van der Waals surface area (Å²) in [5.41, 5.74) is 4.48. The van der Waals surface area contributed by atoms with Crippen molar-refractivity contribution in [1.29, 1.82) is 0 Å². The number of carbonyl (C=O) groups is 2. The van der Waals surface area contributed by atoms with E-state index in [1.807, 2.05) is 27.7 Å². The second-order valence-electron chi connectivity index (χ2n) is 4.70. The van der Waals surface area contributed by atoms with Crippen LogP contribution in [0.2, 0.25) is 0 Å². The van der Waals surface area contributed by atoms with Crippen LogP contribution in [0.25, 0.3) is 0 Å². The Kier molecular flexibility index (Phi) is 6.57. The zero-order chi connectivity index (χ0) is 13.5. The summed E-state index contributed by atoms with van der Waals surface area (Å²) in [6.45, 7) is 9.02. The van der Waals surface area contributed by atoms with Crippen LogP contribution in [0.3, 0.4) is 0 Å². The van der Waals surface area contributed by atoms with E-state index >= 15 is 0 Å². The highest BCUT2D eigenvalue weighted by molar-refractivity contribution is 5.75. The average Bonchev–Trinajstić information content (AvgIpc) is 2.14. The summed E-state index contributed by atoms with van der Waals surface area (Å²) in [7, 11) is 0. The van der Waals surface area contributed by atoms with Gasteiger partial charge in [-0.2, -0.15) is 0 Å². The number of carbonyl (C=O) groups excluding carboxylic acids is 2. The van der Waals surface area contributed by atoms with Crippen LogP contribution in [0.4, 0.5) is 4.79 Å². The first-order valence-electron chi connectivity index (χ1n) is 5.73. The van der Waals surface area contributed by atoms with Gasteiger partial charge in [-0.05, 0) is 27.7 Å². The summed E-state index contributed by atoms with van der Waals surface area (Å²) < 4.78 is 5.24. The maximum atomic E-state index is 11.7. The zero-order valence-corrected chi connectivity index (χ0v) is 11.1. The highest BCUT2D eigenvalue weighted by Gasteiger charge is 2.20. The lowest BCUT2D eigenvalue weighted by Gasteiger charge is -2.26. The Morgan fingerprint density at radius 2 is 1.94 bits per heavy atom. The summed E-state index contributed by atoms with van der Waals surface area (Å²) in [5.74, 6) is -0.412. The molecule has 0 aliphatic carbocycles. The van der Waals surface area contributed by atoms with Crippen LogP contribution >= 0.6 is 0 Å². The molecular weight excluding hydrogens is 222 g/mol. The molecule has 100 valence electrons. The van der Waals surface area contributed by atoms with Crippen LogP contribution in [-0.4, -0.2) is 48.7 Å².